The summed E-state index contributed by atoms with van der Waals surface area (Å²) in [6, 6.07) is 7.00. The van der Waals surface area contributed by atoms with Gasteiger partial charge in [0.15, 0.2) is 4.77 Å². The Hall–Kier alpha value is -1.09. The number of nitrogens with zero attached hydrogens (tertiary/aromatic N) is 1. The lowest BCUT2D eigenvalue weighted by molar-refractivity contribution is 0.449. The van der Waals surface area contributed by atoms with E-state index in [2.05, 4.69) is 34.7 Å². The number of imidazole rings is 1. The summed E-state index contributed by atoms with van der Waals surface area (Å²) < 4.78 is 3.27. The van der Waals surface area contributed by atoms with Crippen molar-refractivity contribution < 1.29 is 0 Å². The fraction of sp³-hybridized carbons (Fsp3) is 0.533. The Morgan fingerprint density at radius 3 is 2.61 bits per heavy atom. The second-order valence-electron chi connectivity index (χ2n) is 5.42. The Labute approximate surface area is 113 Å². The lowest BCUT2D eigenvalue weighted by Gasteiger charge is -2.18. The molecule has 0 radical (unpaired) electrons. The van der Waals surface area contributed by atoms with E-state index in [-0.39, 0.29) is 0 Å². The minimum absolute atomic E-state index is 0.592. The normalized spacial score (nSPS) is 18.1. The van der Waals surface area contributed by atoms with Crippen molar-refractivity contribution >= 4 is 23.3 Å². The minimum atomic E-state index is 0.592. The van der Waals surface area contributed by atoms with Gasteiger partial charge in [-0.2, -0.15) is 0 Å². The lowest BCUT2D eigenvalue weighted by atomic mass is 10.1. The van der Waals surface area contributed by atoms with Gasteiger partial charge in [-0.25, -0.2) is 0 Å². The Balaban J connectivity index is 2.15. The molecule has 2 nitrogen and oxygen atoms in total. The Kier molecular flexibility index (Phi) is 3.25. The van der Waals surface area contributed by atoms with E-state index in [4.69, 9.17) is 12.2 Å². The van der Waals surface area contributed by atoms with Crippen LogP contribution in [0.2, 0.25) is 0 Å². The van der Waals surface area contributed by atoms with Gasteiger partial charge in [0.25, 0.3) is 0 Å². The number of benzene rings is 1. The Morgan fingerprint density at radius 1 is 1.17 bits per heavy atom. The van der Waals surface area contributed by atoms with Gasteiger partial charge in [-0.15, -0.1) is 0 Å². The zero-order valence-corrected chi connectivity index (χ0v) is 11.7. The molecule has 1 saturated carbocycles. The van der Waals surface area contributed by atoms with Crippen LogP contribution in [0.3, 0.4) is 0 Å². The predicted molar refractivity (Wildman–Crippen MR) is 78.6 cm³/mol. The number of nitrogens with one attached hydrogen (secondary N) is 1. The van der Waals surface area contributed by atoms with Crippen LogP contribution >= 0.6 is 12.2 Å². The highest BCUT2D eigenvalue weighted by atomic mass is 32.1. The summed E-state index contributed by atoms with van der Waals surface area (Å²) in [7, 11) is 0. The third-order valence-corrected chi connectivity index (χ3v) is 4.43. The molecule has 0 atom stereocenters. The highest BCUT2D eigenvalue weighted by molar-refractivity contribution is 7.71. The highest BCUT2D eigenvalue weighted by Crippen LogP contribution is 2.31. The van der Waals surface area contributed by atoms with Gasteiger partial charge in [-0.1, -0.05) is 37.8 Å². The minimum Gasteiger partial charge on any atom is -0.331 e. The van der Waals surface area contributed by atoms with Crippen LogP contribution in [-0.4, -0.2) is 9.55 Å². The molecule has 1 aromatic carbocycles. The van der Waals surface area contributed by atoms with Gasteiger partial charge in [0.1, 0.15) is 0 Å². The zero-order valence-electron chi connectivity index (χ0n) is 10.9. The first-order valence-corrected chi connectivity index (χ1v) is 7.38. The van der Waals surface area contributed by atoms with Crippen molar-refractivity contribution in [3.05, 3.63) is 28.5 Å². The molecule has 1 heterocycles. The van der Waals surface area contributed by atoms with Crippen molar-refractivity contribution in [2.75, 3.05) is 0 Å². The third kappa shape index (κ3) is 2.01. The predicted octanol–water partition coefficient (Wildman–Crippen LogP) is 4.90. The van der Waals surface area contributed by atoms with Crippen molar-refractivity contribution in [1.82, 2.24) is 9.55 Å². The van der Waals surface area contributed by atoms with Crippen molar-refractivity contribution in [3.63, 3.8) is 0 Å². The molecule has 0 saturated heterocycles. The van der Waals surface area contributed by atoms with E-state index in [9.17, 15) is 0 Å². The molecular weight excluding hydrogens is 240 g/mol. The highest BCUT2D eigenvalue weighted by Gasteiger charge is 2.18. The molecule has 1 aliphatic carbocycles. The van der Waals surface area contributed by atoms with E-state index in [1.54, 1.807) is 0 Å². The number of aromatic amines is 1. The lowest BCUT2D eigenvalue weighted by Crippen LogP contribution is -2.08. The van der Waals surface area contributed by atoms with Gasteiger partial charge in [0, 0.05) is 6.04 Å². The number of fused-ring (bicyclic) bond motifs is 1. The largest absolute Gasteiger partial charge is 0.331 e. The molecule has 1 aliphatic rings. The molecule has 0 aliphatic heterocycles. The van der Waals surface area contributed by atoms with Crippen LogP contribution in [0.25, 0.3) is 11.0 Å². The van der Waals surface area contributed by atoms with E-state index >= 15 is 0 Å². The molecule has 1 aromatic heterocycles. The number of para-hydroxylation sites is 1. The van der Waals surface area contributed by atoms with Crippen LogP contribution in [0.5, 0.6) is 0 Å². The van der Waals surface area contributed by atoms with E-state index in [0.29, 0.717) is 6.04 Å². The van der Waals surface area contributed by atoms with Gasteiger partial charge >= 0.3 is 0 Å². The monoisotopic (exact) mass is 260 g/mol. The number of hydrogen-bond donors (Lipinski definition) is 1. The first kappa shape index (κ1) is 12.0. The van der Waals surface area contributed by atoms with Gasteiger partial charge < -0.3 is 9.55 Å². The maximum Gasteiger partial charge on any atom is 0.178 e. The average molecular weight is 260 g/mol. The number of hydrogen-bond acceptors (Lipinski definition) is 1. The van der Waals surface area contributed by atoms with Crippen LogP contribution < -0.4 is 0 Å². The van der Waals surface area contributed by atoms with Crippen molar-refractivity contribution in [2.24, 2.45) is 0 Å². The summed E-state index contributed by atoms with van der Waals surface area (Å²) in [5.74, 6) is 0. The van der Waals surface area contributed by atoms with Crippen molar-refractivity contribution in [3.8, 4) is 0 Å². The fourth-order valence-electron chi connectivity index (χ4n) is 3.22. The first-order valence-electron chi connectivity index (χ1n) is 6.97. The molecule has 0 bridgehead atoms. The third-order valence-electron chi connectivity index (χ3n) is 4.13. The molecule has 0 amide bonds. The molecule has 18 heavy (non-hydrogen) atoms. The summed E-state index contributed by atoms with van der Waals surface area (Å²) in [4.78, 5) is 3.36. The maximum absolute atomic E-state index is 5.55. The van der Waals surface area contributed by atoms with Crippen LogP contribution in [0.1, 0.15) is 50.1 Å². The quantitative estimate of drug-likeness (QED) is 0.571. The SMILES string of the molecule is Cc1cccc2[nH]c(=S)n(C3CCCCCC3)c12. The van der Waals surface area contributed by atoms with Gasteiger partial charge in [-0.3, -0.25) is 0 Å². The van der Waals surface area contributed by atoms with E-state index in [0.717, 1.165) is 4.77 Å². The number of aromatic nitrogens is 2. The molecular formula is C15H20N2S. The number of H-pyrrole nitrogens is 1. The second-order valence-corrected chi connectivity index (χ2v) is 5.80. The topological polar surface area (TPSA) is 20.7 Å². The van der Waals surface area contributed by atoms with E-state index < -0.39 is 0 Å². The maximum atomic E-state index is 5.55. The molecule has 2 aromatic rings. The van der Waals surface area contributed by atoms with Gasteiger partial charge in [0.2, 0.25) is 0 Å². The molecule has 3 heteroatoms. The Bertz CT molecular complexity index is 600. The summed E-state index contributed by atoms with van der Waals surface area (Å²) >= 11 is 5.55. The first-order chi connectivity index (χ1) is 8.77. The smallest absolute Gasteiger partial charge is 0.178 e. The van der Waals surface area contributed by atoms with Crippen LogP contribution in [0.15, 0.2) is 18.2 Å². The van der Waals surface area contributed by atoms with E-state index in [1.807, 2.05) is 0 Å². The van der Waals surface area contributed by atoms with E-state index in [1.165, 1.54) is 55.1 Å². The number of aryl methyl sites for hydroxylation is 1. The molecule has 0 spiro atoms. The van der Waals surface area contributed by atoms with Crippen molar-refractivity contribution in [2.45, 2.75) is 51.5 Å². The molecule has 0 unspecified atom stereocenters. The summed E-state index contributed by atoms with van der Waals surface area (Å²) in [6.45, 7) is 2.18. The summed E-state index contributed by atoms with van der Waals surface area (Å²) in [5.41, 5.74) is 3.82. The van der Waals surface area contributed by atoms with Crippen LogP contribution in [0, 0.1) is 11.7 Å². The van der Waals surface area contributed by atoms with Gasteiger partial charge in [-0.05, 0) is 43.6 Å². The molecule has 3 rings (SSSR count). The summed E-state index contributed by atoms with van der Waals surface area (Å²) in [5, 5.41) is 0. The average Bonchev–Trinajstić information content (AvgIpc) is 2.54. The zero-order chi connectivity index (χ0) is 12.5. The molecule has 96 valence electrons. The number of rotatable bonds is 1. The Morgan fingerprint density at radius 2 is 1.89 bits per heavy atom. The van der Waals surface area contributed by atoms with Crippen molar-refractivity contribution in [1.29, 1.82) is 0 Å². The summed E-state index contributed by atoms with van der Waals surface area (Å²) in [6.07, 6.45) is 7.98. The second kappa shape index (κ2) is 4.88. The van der Waals surface area contributed by atoms with Crippen LogP contribution in [-0.2, 0) is 0 Å². The van der Waals surface area contributed by atoms with Crippen LogP contribution in [0.4, 0.5) is 0 Å². The standard InChI is InChI=1S/C15H20N2S/c1-11-7-6-10-13-14(11)17(15(18)16-13)12-8-4-2-3-5-9-12/h6-7,10,12H,2-5,8-9H2,1H3,(H,16,18). The van der Waals surface area contributed by atoms with Gasteiger partial charge in [0.05, 0.1) is 11.0 Å². The molecule has 1 fully saturated rings. The molecule has 1 N–H and O–H groups in total. The fourth-order valence-corrected chi connectivity index (χ4v) is 3.57.